The lowest BCUT2D eigenvalue weighted by molar-refractivity contribution is -0.120. The zero-order valence-electron chi connectivity index (χ0n) is 16.6. The van der Waals surface area contributed by atoms with Crippen LogP contribution in [0.3, 0.4) is 0 Å². The molecule has 30 heavy (non-hydrogen) atoms. The van der Waals surface area contributed by atoms with Crippen LogP contribution in [0, 0.1) is 11.3 Å². The molecule has 0 unspecified atom stereocenters. The lowest BCUT2D eigenvalue weighted by Crippen LogP contribution is -2.37. The molecule has 150 valence electrons. The van der Waals surface area contributed by atoms with Gasteiger partial charge in [0.25, 0.3) is 0 Å². The Balaban J connectivity index is 1.93. The second-order valence-electron chi connectivity index (χ2n) is 6.52. The Labute approximate surface area is 178 Å². The highest BCUT2D eigenvalue weighted by molar-refractivity contribution is 7.99. The molecule has 7 nitrogen and oxygen atoms in total. The molecule has 2 aromatic carbocycles. The first kappa shape index (κ1) is 19.9. The first-order valence-corrected chi connectivity index (χ1v) is 10.6. The van der Waals surface area contributed by atoms with E-state index in [1.54, 1.807) is 29.2 Å². The van der Waals surface area contributed by atoms with Gasteiger partial charge in [-0.05, 0) is 24.0 Å². The number of aromatic nitrogens is 3. The summed E-state index contributed by atoms with van der Waals surface area (Å²) in [7, 11) is 0. The van der Waals surface area contributed by atoms with E-state index in [1.165, 1.54) is 11.8 Å². The summed E-state index contributed by atoms with van der Waals surface area (Å²) < 4.78 is 6.32. The van der Waals surface area contributed by atoms with Crippen LogP contribution in [0.4, 0.5) is 5.69 Å². The molecule has 0 saturated carbocycles. The van der Waals surface area contributed by atoms with E-state index in [0.717, 1.165) is 16.9 Å². The minimum absolute atomic E-state index is 0.0965. The van der Waals surface area contributed by atoms with Crippen LogP contribution in [-0.4, -0.2) is 26.8 Å². The van der Waals surface area contributed by atoms with Gasteiger partial charge >= 0.3 is 0 Å². The number of ether oxygens (including phenoxy) is 1. The Kier molecular flexibility index (Phi) is 5.63. The fourth-order valence-electron chi connectivity index (χ4n) is 3.28. The maximum absolute atomic E-state index is 13.0. The Morgan fingerprint density at radius 2 is 1.93 bits per heavy atom. The van der Waals surface area contributed by atoms with Crippen molar-refractivity contribution in [3.8, 4) is 23.2 Å². The second kappa shape index (κ2) is 8.51. The van der Waals surface area contributed by atoms with Gasteiger partial charge in [0.2, 0.25) is 23.2 Å². The third-order valence-corrected chi connectivity index (χ3v) is 5.40. The van der Waals surface area contributed by atoms with Gasteiger partial charge in [0, 0.05) is 17.5 Å². The summed E-state index contributed by atoms with van der Waals surface area (Å²) in [6, 6.07) is 16.6. The third-order valence-electron chi connectivity index (χ3n) is 4.68. The van der Waals surface area contributed by atoms with Crippen molar-refractivity contribution in [2.75, 3.05) is 10.7 Å². The molecule has 0 bridgehead atoms. The van der Waals surface area contributed by atoms with Crippen molar-refractivity contribution in [3.63, 3.8) is 0 Å². The molecule has 0 aliphatic carbocycles. The largest absolute Gasteiger partial charge is 0.447 e. The van der Waals surface area contributed by atoms with Crippen molar-refractivity contribution in [1.82, 2.24) is 15.2 Å². The number of rotatable bonds is 4. The van der Waals surface area contributed by atoms with Gasteiger partial charge in [0.15, 0.2) is 5.69 Å². The molecule has 0 spiro atoms. The summed E-state index contributed by atoms with van der Waals surface area (Å²) in [5.74, 6) is 1.03. The van der Waals surface area contributed by atoms with Gasteiger partial charge in [-0.3, -0.25) is 9.69 Å². The van der Waals surface area contributed by atoms with Crippen LogP contribution in [0.1, 0.15) is 37.6 Å². The lowest BCUT2D eigenvalue weighted by Gasteiger charge is -2.30. The quantitative estimate of drug-likeness (QED) is 0.583. The van der Waals surface area contributed by atoms with Crippen molar-refractivity contribution in [2.45, 2.75) is 31.7 Å². The normalized spacial score (nSPS) is 14.7. The number of fused-ring (bicyclic) bond motifs is 3. The van der Waals surface area contributed by atoms with Crippen molar-refractivity contribution < 1.29 is 9.53 Å². The number of nitriles is 1. The highest BCUT2D eigenvalue weighted by Crippen LogP contribution is 2.43. The van der Waals surface area contributed by atoms with Gasteiger partial charge in [-0.25, -0.2) is 0 Å². The summed E-state index contributed by atoms with van der Waals surface area (Å²) >= 11 is 1.47. The molecule has 4 rings (SSSR count). The second-order valence-corrected chi connectivity index (χ2v) is 7.75. The van der Waals surface area contributed by atoms with Crippen molar-refractivity contribution in [2.24, 2.45) is 0 Å². The number of carbonyl (C=O) groups excluding carboxylic acids is 1. The molecule has 0 N–H and O–H groups in total. The minimum Gasteiger partial charge on any atom is -0.447 e. The summed E-state index contributed by atoms with van der Waals surface area (Å²) in [6.45, 7) is 3.82. The number of para-hydroxylation sites is 1. The number of amides is 1. The minimum atomic E-state index is -0.747. The fourth-order valence-corrected chi connectivity index (χ4v) is 3.79. The Hall–Kier alpha value is -3.44. The van der Waals surface area contributed by atoms with Crippen molar-refractivity contribution in [1.29, 1.82) is 5.26 Å². The Morgan fingerprint density at radius 3 is 2.63 bits per heavy atom. The number of thioether (sulfide) groups is 1. The molecule has 0 saturated heterocycles. The zero-order chi connectivity index (χ0) is 21.1. The van der Waals surface area contributed by atoms with Crippen LogP contribution in [0.2, 0.25) is 0 Å². The van der Waals surface area contributed by atoms with Gasteiger partial charge in [-0.1, -0.05) is 55.9 Å². The molecule has 2 heterocycles. The molecule has 1 aliphatic heterocycles. The van der Waals surface area contributed by atoms with Crippen LogP contribution in [0.15, 0.2) is 53.7 Å². The smallest absolute Gasteiger partial charge is 0.247 e. The van der Waals surface area contributed by atoms with Crippen LogP contribution >= 0.6 is 11.8 Å². The Morgan fingerprint density at radius 1 is 1.17 bits per heavy atom. The van der Waals surface area contributed by atoms with Gasteiger partial charge in [-0.2, -0.15) is 10.2 Å². The predicted octanol–water partition coefficient (Wildman–Crippen LogP) is 4.36. The molecule has 8 heteroatoms. The van der Waals surface area contributed by atoms with E-state index in [-0.39, 0.29) is 5.91 Å². The summed E-state index contributed by atoms with van der Waals surface area (Å²) in [5.41, 5.74) is 3.19. The van der Waals surface area contributed by atoms with E-state index in [2.05, 4.69) is 21.3 Å². The molecule has 1 atom stereocenters. The molecular weight excluding hydrogens is 398 g/mol. The fraction of sp³-hybridized carbons (Fsp3) is 0.227. The standard InChI is InChI=1S/C22H19N5O2S/c1-3-18(28)27-17-8-6-5-7-16(17)19-20(24-22(26-25-19)30-4-2)29-21(27)15-11-9-14(13-23)10-12-15/h5-12,21H,3-4H2,1-2H3/t21-/m1/s1. The molecule has 0 fully saturated rings. The topological polar surface area (TPSA) is 92.0 Å². The number of anilines is 1. The highest BCUT2D eigenvalue weighted by Gasteiger charge is 2.35. The van der Waals surface area contributed by atoms with Gasteiger partial charge in [0.1, 0.15) is 0 Å². The van der Waals surface area contributed by atoms with E-state index in [9.17, 15) is 4.79 Å². The van der Waals surface area contributed by atoms with E-state index in [0.29, 0.717) is 34.4 Å². The number of benzene rings is 2. The SMILES string of the molecule is CCSc1nnc2c(n1)O[C@H](c1ccc(C#N)cc1)N(C(=O)CC)c1ccccc1-2. The summed E-state index contributed by atoms with van der Waals surface area (Å²) in [4.78, 5) is 19.2. The highest BCUT2D eigenvalue weighted by atomic mass is 32.2. The average molecular weight is 417 g/mol. The zero-order valence-corrected chi connectivity index (χ0v) is 17.4. The number of nitrogens with zero attached hydrogens (tertiary/aromatic N) is 5. The maximum atomic E-state index is 13.0. The molecule has 1 aromatic heterocycles. The monoisotopic (exact) mass is 417 g/mol. The predicted molar refractivity (Wildman–Crippen MR) is 114 cm³/mol. The Bertz CT molecular complexity index is 1130. The summed E-state index contributed by atoms with van der Waals surface area (Å²) in [6.07, 6.45) is -0.444. The van der Waals surface area contributed by atoms with Gasteiger partial charge in [0.05, 0.1) is 17.3 Å². The van der Waals surface area contributed by atoms with Crippen molar-refractivity contribution in [3.05, 3.63) is 59.7 Å². The van der Waals surface area contributed by atoms with E-state index >= 15 is 0 Å². The van der Waals surface area contributed by atoms with E-state index < -0.39 is 6.23 Å². The van der Waals surface area contributed by atoms with Crippen LogP contribution in [-0.2, 0) is 4.79 Å². The molecular formula is C22H19N5O2S. The third kappa shape index (κ3) is 3.60. The van der Waals surface area contributed by atoms with Gasteiger partial charge < -0.3 is 4.74 Å². The lowest BCUT2D eigenvalue weighted by atomic mass is 10.1. The average Bonchev–Trinajstić information content (AvgIpc) is 2.93. The number of carbonyl (C=O) groups is 1. The first-order chi connectivity index (χ1) is 14.7. The van der Waals surface area contributed by atoms with Crippen LogP contribution in [0.5, 0.6) is 5.88 Å². The first-order valence-electron chi connectivity index (χ1n) is 9.62. The van der Waals surface area contributed by atoms with Gasteiger partial charge in [-0.15, -0.1) is 10.2 Å². The molecule has 0 radical (unpaired) electrons. The number of hydrogen-bond acceptors (Lipinski definition) is 7. The van der Waals surface area contributed by atoms with E-state index in [4.69, 9.17) is 10.00 Å². The van der Waals surface area contributed by atoms with Crippen molar-refractivity contribution >= 4 is 23.4 Å². The molecule has 3 aromatic rings. The maximum Gasteiger partial charge on any atom is 0.247 e. The molecule has 1 aliphatic rings. The molecule has 1 amide bonds. The number of hydrogen-bond donors (Lipinski definition) is 0. The van der Waals surface area contributed by atoms with Crippen LogP contribution < -0.4 is 9.64 Å². The van der Waals surface area contributed by atoms with Crippen LogP contribution in [0.25, 0.3) is 11.3 Å². The summed E-state index contributed by atoms with van der Waals surface area (Å²) in [5, 5.41) is 18.2. The van der Waals surface area contributed by atoms with E-state index in [1.807, 2.05) is 38.1 Å².